The summed E-state index contributed by atoms with van der Waals surface area (Å²) in [5, 5.41) is 12.5. The summed E-state index contributed by atoms with van der Waals surface area (Å²) in [6.07, 6.45) is 1.27. The summed E-state index contributed by atoms with van der Waals surface area (Å²) in [7, 11) is 0. The highest BCUT2D eigenvalue weighted by Gasteiger charge is 2.19. The number of para-hydroxylation sites is 1. The molecular formula is C15H22ClNO3. The average Bonchev–Trinajstić information content (AvgIpc) is 2.41. The highest BCUT2D eigenvalue weighted by atomic mass is 35.5. The summed E-state index contributed by atoms with van der Waals surface area (Å²) in [5.74, 6) is 0.178. The van der Waals surface area contributed by atoms with Gasteiger partial charge in [0, 0.05) is 11.6 Å². The molecule has 0 aliphatic rings. The van der Waals surface area contributed by atoms with Crippen molar-refractivity contribution in [2.75, 3.05) is 0 Å². The molecule has 0 aromatic heterocycles. The molecule has 0 bridgehead atoms. The number of carbonyl (C=O) groups is 1. The molecule has 0 radical (unpaired) electrons. The van der Waals surface area contributed by atoms with Gasteiger partial charge in [-0.15, -0.1) is 0 Å². The Bertz CT molecular complexity index is 451. The van der Waals surface area contributed by atoms with Crippen LogP contribution in [0.25, 0.3) is 0 Å². The van der Waals surface area contributed by atoms with Gasteiger partial charge in [-0.2, -0.15) is 0 Å². The van der Waals surface area contributed by atoms with E-state index < -0.39 is 6.10 Å². The molecule has 0 saturated heterocycles. The lowest BCUT2D eigenvalue weighted by Crippen LogP contribution is -2.41. The third-order valence-corrected chi connectivity index (χ3v) is 3.29. The minimum absolute atomic E-state index is 0.113. The number of ether oxygens (including phenoxy) is 1. The fourth-order valence-electron chi connectivity index (χ4n) is 1.91. The normalized spacial score (nSPS) is 13.7. The molecule has 0 saturated carbocycles. The molecule has 20 heavy (non-hydrogen) atoms. The molecule has 0 heterocycles. The van der Waals surface area contributed by atoms with Gasteiger partial charge in [-0.1, -0.05) is 37.1 Å². The molecule has 0 aliphatic heterocycles. The molecule has 1 aromatic rings. The molecular weight excluding hydrogens is 278 g/mol. The molecule has 4 nitrogen and oxygen atoms in total. The molecule has 2 N–H and O–H groups in total. The monoisotopic (exact) mass is 299 g/mol. The van der Waals surface area contributed by atoms with Crippen molar-refractivity contribution in [2.45, 2.75) is 52.4 Å². The minimum Gasteiger partial charge on any atom is -0.479 e. The van der Waals surface area contributed by atoms with E-state index in [1.54, 1.807) is 25.1 Å². The van der Waals surface area contributed by atoms with Crippen LogP contribution in [0.5, 0.6) is 5.75 Å². The second kappa shape index (κ2) is 8.12. The number of amides is 1. The number of aliphatic hydroxyl groups excluding tert-OH is 1. The van der Waals surface area contributed by atoms with E-state index in [0.29, 0.717) is 16.3 Å². The van der Waals surface area contributed by atoms with Crippen LogP contribution in [-0.2, 0) is 11.4 Å². The predicted molar refractivity (Wildman–Crippen MR) is 80.0 cm³/mol. The van der Waals surface area contributed by atoms with E-state index in [0.717, 1.165) is 12.8 Å². The minimum atomic E-state index is -0.667. The number of carbonyl (C=O) groups excluding carboxylic acids is 1. The first-order chi connectivity index (χ1) is 9.49. The van der Waals surface area contributed by atoms with Crippen molar-refractivity contribution in [2.24, 2.45) is 0 Å². The lowest BCUT2D eigenvalue weighted by atomic mass is 10.2. The van der Waals surface area contributed by atoms with Crippen LogP contribution in [-0.4, -0.2) is 23.2 Å². The van der Waals surface area contributed by atoms with E-state index in [9.17, 15) is 9.90 Å². The second-order valence-electron chi connectivity index (χ2n) is 4.84. The van der Waals surface area contributed by atoms with Crippen LogP contribution in [0.1, 0.15) is 39.2 Å². The topological polar surface area (TPSA) is 58.6 Å². The highest BCUT2D eigenvalue weighted by molar-refractivity contribution is 6.32. The largest absolute Gasteiger partial charge is 0.479 e. The van der Waals surface area contributed by atoms with Crippen molar-refractivity contribution in [3.05, 3.63) is 28.8 Å². The van der Waals surface area contributed by atoms with Gasteiger partial charge in [-0.25, -0.2) is 0 Å². The average molecular weight is 300 g/mol. The smallest absolute Gasteiger partial charge is 0.260 e. The summed E-state index contributed by atoms with van der Waals surface area (Å²) < 4.78 is 5.60. The molecule has 1 amide bonds. The van der Waals surface area contributed by atoms with Crippen LogP contribution in [0.3, 0.4) is 0 Å². The van der Waals surface area contributed by atoms with E-state index in [-0.39, 0.29) is 18.6 Å². The van der Waals surface area contributed by atoms with E-state index >= 15 is 0 Å². The van der Waals surface area contributed by atoms with Crippen LogP contribution in [0.15, 0.2) is 18.2 Å². The number of rotatable bonds is 7. The number of benzene rings is 1. The molecule has 0 aliphatic carbocycles. The third-order valence-electron chi connectivity index (χ3n) is 2.99. The fourth-order valence-corrected chi connectivity index (χ4v) is 2.14. The van der Waals surface area contributed by atoms with Crippen LogP contribution in [0.2, 0.25) is 5.02 Å². The Morgan fingerprint density at radius 3 is 2.75 bits per heavy atom. The summed E-state index contributed by atoms with van der Waals surface area (Å²) in [5.41, 5.74) is 0.568. The van der Waals surface area contributed by atoms with Crippen molar-refractivity contribution in [3.63, 3.8) is 0 Å². The van der Waals surface area contributed by atoms with Crippen molar-refractivity contribution in [3.8, 4) is 5.75 Å². The summed E-state index contributed by atoms with van der Waals surface area (Å²) in [6.45, 7) is 5.51. The molecule has 0 fully saturated rings. The molecule has 2 unspecified atom stereocenters. The lowest BCUT2D eigenvalue weighted by Gasteiger charge is -2.20. The van der Waals surface area contributed by atoms with E-state index in [2.05, 4.69) is 12.2 Å². The van der Waals surface area contributed by atoms with E-state index in [4.69, 9.17) is 16.3 Å². The van der Waals surface area contributed by atoms with Gasteiger partial charge in [0.1, 0.15) is 5.75 Å². The van der Waals surface area contributed by atoms with E-state index in [1.807, 2.05) is 6.92 Å². The van der Waals surface area contributed by atoms with Gasteiger partial charge in [-0.3, -0.25) is 4.79 Å². The number of hydrogen-bond acceptors (Lipinski definition) is 3. The third kappa shape index (κ3) is 4.69. The zero-order valence-electron chi connectivity index (χ0n) is 12.1. The van der Waals surface area contributed by atoms with Crippen LogP contribution >= 0.6 is 11.6 Å². The molecule has 1 rings (SSSR count). The second-order valence-corrected chi connectivity index (χ2v) is 5.25. The zero-order valence-corrected chi connectivity index (χ0v) is 12.9. The lowest BCUT2D eigenvalue weighted by molar-refractivity contribution is -0.127. The van der Waals surface area contributed by atoms with Gasteiger partial charge >= 0.3 is 0 Å². The Kier molecular flexibility index (Phi) is 6.82. The molecule has 112 valence electrons. The molecule has 1 aromatic carbocycles. The summed E-state index contributed by atoms with van der Waals surface area (Å²) >= 11 is 6.04. The maximum atomic E-state index is 12.0. The van der Waals surface area contributed by atoms with Gasteiger partial charge < -0.3 is 15.2 Å². The van der Waals surface area contributed by atoms with Crippen molar-refractivity contribution < 1.29 is 14.6 Å². The standard InChI is InChI=1S/C15H22ClNO3/c1-4-6-10(2)17-15(19)11(3)20-14-12(9-18)7-5-8-13(14)16/h5,7-8,10-11,18H,4,6,9H2,1-3H3,(H,17,19). The zero-order chi connectivity index (χ0) is 15.1. The number of nitrogens with one attached hydrogen (secondary N) is 1. The quantitative estimate of drug-likeness (QED) is 0.814. The number of hydrogen-bond donors (Lipinski definition) is 2. The van der Waals surface area contributed by atoms with Gasteiger partial charge in [0.15, 0.2) is 6.10 Å². The number of aliphatic hydroxyl groups is 1. The van der Waals surface area contributed by atoms with E-state index in [1.165, 1.54) is 0 Å². The Morgan fingerprint density at radius 1 is 1.45 bits per heavy atom. The maximum Gasteiger partial charge on any atom is 0.260 e. The van der Waals surface area contributed by atoms with Gasteiger partial charge in [0.05, 0.1) is 11.6 Å². The van der Waals surface area contributed by atoms with Crippen LogP contribution in [0, 0.1) is 0 Å². The van der Waals surface area contributed by atoms with Crippen molar-refractivity contribution in [1.82, 2.24) is 5.32 Å². The first-order valence-electron chi connectivity index (χ1n) is 6.84. The molecule has 2 atom stereocenters. The first-order valence-corrected chi connectivity index (χ1v) is 7.22. The van der Waals surface area contributed by atoms with Crippen molar-refractivity contribution >= 4 is 17.5 Å². The van der Waals surface area contributed by atoms with Crippen molar-refractivity contribution in [1.29, 1.82) is 0 Å². The summed E-state index contributed by atoms with van der Waals surface area (Å²) in [4.78, 5) is 12.0. The summed E-state index contributed by atoms with van der Waals surface area (Å²) in [6, 6.07) is 5.22. The fraction of sp³-hybridized carbons (Fsp3) is 0.533. The Balaban J connectivity index is 2.70. The highest BCUT2D eigenvalue weighted by Crippen LogP contribution is 2.29. The van der Waals surface area contributed by atoms with Gasteiger partial charge in [0.25, 0.3) is 5.91 Å². The SMILES string of the molecule is CCCC(C)NC(=O)C(C)Oc1c(Cl)cccc1CO. The van der Waals surface area contributed by atoms with Crippen LogP contribution < -0.4 is 10.1 Å². The Labute approximate surface area is 125 Å². The Morgan fingerprint density at radius 2 is 2.15 bits per heavy atom. The van der Waals surface area contributed by atoms with Gasteiger partial charge in [-0.05, 0) is 26.3 Å². The predicted octanol–water partition coefficient (Wildman–Crippen LogP) is 2.90. The van der Waals surface area contributed by atoms with Crippen LogP contribution in [0.4, 0.5) is 0 Å². The molecule has 0 spiro atoms. The van der Waals surface area contributed by atoms with Gasteiger partial charge in [0.2, 0.25) is 0 Å². The number of halogens is 1. The Hall–Kier alpha value is -1.26. The molecule has 5 heteroatoms. The first kappa shape index (κ1) is 16.8. The maximum absolute atomic E-state index is 12.0.